The van der Waals surface area contributed by atoms with Crippen LogP contribution in [-0.4, -0.2) is 6.03 Å². The molecule has 7 heteroatoms. The van der Waals surface area contributed by atoms with Gasteiger partial charge in [-0.3, -0.25) is 0 Å². The van der Waals surface area contributed by atoms with Crippen LogP contribution in [0.5, 0.6) is 0 Å². The molecule has 22 heavy (non-hydrogen) atoms. The summed E-state index contributed by atoms with van der Waals surface area (Å²) in [6, 6.07) is 10.8. The van der Waals surface area contributed by atoms with E-state index in [-0.39, 0.29) is 12.2 Å². The minimum atomic E-state index is -4.53. The van der Waals surface area contributed by atoms with Crippen LogP contribution in [-0.2, 0) is 12.7 Å². The first-order valence-corrected chi connectivity index (χ1v) is 6.69. The van der Waals surface area contributed by atoms with Gasteiger partial charge in [0.2, 0.25) is 0 Å². The van der Waals surface area contributed by atoms with Crippen LogP contribution in [0.1, 0.15) is 11.1 Å². The van der Waals surface area contributed by atoms with Gasteiger partial charge in [0.1, 0.15) is 0 Å². The Morgan fingerprint density at radius 2 is 1.68 bits per heavy atom. The number of carbonyl (C=O) groups is 1. The first-order chi connectivity index (χ1) is 10.4. The molecule has 0 saturated carbocycles. The number of rotatable bonds is 3. The van der Waals surface area contributed by atoms with Crippen LogP contribution in [0.4, 0.5) is 23.7 Å². The zero-order valence-corrected chi connectivity index (χ0v) is 12.0. The number of para-hydroxylation sites is 1. The number of benzene rings is 2. The molecule has 0 aliphatic carbocycles. The lowest BCUT2D eigenvalue weighted by atomic mass is 10.1. The van der Waals surface area contributed by atoms with E-state index < -0.39 is 17.8 Å². The summed E-state index contributed by atoms with van der Waals surface area (Å²) < 4.78 is 38.4. The largest absolute Gasteiger partial charge is 0.418 e. The van der Waals surface area contributed by atoms with Crippen molar-refractivity contribution < 1.29 is 18.0 Å². The molecular formula is C15H12ClF3N2O. The fourth-order valence-electron chi connectivity index (χ4n) is 1.79. The summed E-state index contributed by atoms with van der Waals surface area (Å²) in [6.07, 6.45) is -4.53. The number of halogens is 4. The highest BCUT2D eigenvalue weighted by molar-refractivity contribution is 6.30. The van der Waals surface area contributed by atoms with Crippen LogP contribution >= 0.6 is 11.6 Å². The summed E-state index contributed by atoms with van der Waals surface area (Å²) in [7, 11) is 0. The highest BCUT2D eigenvalue weighted by atomic mass is 35.5. The summed E-state index contributed by atoms with van der Waals surface area (Å²) in [5.41, 5.74) is -0.399. The molecule has 0 bridgehead atoms. The Bertz CT molecular complexity index is 657. The summed E-state index contributed by atoms with van der Waals surface area (Å²) in [4.78, 5) is 11.7. The van der Waals surface area contributed by atoms with Gasteiger partial charge in [0.25, 0.3) is 0 Å². The van der Waals surface area contributed by atoms with Crippen molar-refractivity contribution in [1.82, 2.24) is 5.32 Å². The number of hydrogen-bond acceptors (Lipinski definition) is 1. The lowest BCUT2D eigenvalue weighted by Crippen LogP contribution is -2.29. The van der Waals surface area contributed by atoms with Gasteiger partial charge < -0.3 is 10.6 Å². The number of alkyl halides is 3. The van der Waals surface area contributed by atoms with E-state index in [4.69, 9.17) is 11.6 Å². The quantitative estimate of drug-likeness (QED) is 0.844. The number of urea groups is 1. The molecule has 2 aromatic carbocycles. The minimum absolute atomic E-state index is 0.178. The van der Waals surface area contributed by atoms with Gasteiger partial charge in [-0.25, -0.2) is 4.79 Å². The Balaban J connectivity index is 1.99. The second kappa shape index (κ2) is 6.70. The lowest BCUT2D eigenvalue weighted by Gasteiger charge is -2.14. The molecule has 0 aliphatic rings. The van der Waals surface area contributed by atoms with Gasteiger partial charge >= 0.3 is 12.2 Å². The molecular weight excluding hydrogens is 317 g/mol. The van der Waals surface area contributed by atoms with E-state index in [1.165, 1.54) is 18.2 Å². The van der Waals surface area contributed by atoms with E-state index in [0.717, 1.165) is 11.6 Å². The smallest absolute Gasteiger partial charge is 0.334 e. The molecule has 0 saturated heterocycles. The molecule has 0 atom stereocenters. The average Bonchev–Trinajstić information content (AvgIpc) is 2.46. The van der Waals surface area contributed by atoms with Crippen molar-refractivity contribution in [2.75, 3.05) is 5.32 Å². The van der Waals surface area contributed by atoms with Gasteiger partial charge in [-0.15, -0.1) is 0 Å². The number of amides is 2. The summed E-state index contributed by atoms with van der Waals surface area (Å²) in [5.74, 6) is 0. The summed E-state index contributed by atoms with van der Waals surface area (Å²) in [5, 5.41) is 5.25. The zero-order chi connectivity index (χ0) is 16.2. The molecule has 0 heterocycles. The van der Waals surface area contributed by atoms with Crippen LogP contribution in [0, 0.1) is 0 Å². The van der Waals surface area contributed by atoms with E-state index in [1.807, 2.05) is 0 Å². The standard InChI is InChI=1S/C15H12ClF3N2O/c16-11-7-5-10(6-8-11)9-20-14(22)21-13-4-2-1-3-12(13)15(17,18)19/h1-8H,9H2,(H2,20,21,22). The highest BCUT2D eigenvalue weighted by Gasteiger charge is 2.33. The molecule has 0 radical (unpaired) electrons. The van der Waals surface area contributed by atoms with Gasteiger partial charge in [0, 0.05) is 11.6 Å². The molecule has 116 valence electrons. The van der Waals surface area contributed by atoms with Crippen molar-refractivity contribution in [3.8, 4) is 0 Å². The van der Waals surface area contributed by atoms with Crippen molar-refractivity contribution in [1.29, 1.82) is 0 Å². The molecule has 0 aromatic heterocycles. The van der Waals surface area contributed by atoms with Crippen molar-refractivity contribution in [3.63, 3.8) is 0 Å². The van der Waals surface area contributed by atoms with E-state index in [0.29, 0.717) is 5.02 Å². The van der Waals surface area contributed by atoms with Gasteiger partial charge in [0.05, 0.1) is 11.3 Å². The molecule has 2 amide bonds. The number of carbonyl (C=O) groups excluding carboxylic acids is 1. The second-order valence-corrected chi connectivity index (χ2v) is 4.91. The normalized spacial score (nSPS) is 11.1. The third-order valence-electron chi connectivity index (χ3n) is 2.85. The Labute approximate surface area is 130 Å². The van der Waals surface area contributed by atoms with Crippen molar-refractivity contribution in [2.24, 2.45) is 0 Å². The van der Waals surface area contributed by atoms with Gasteiger partial charge in [-0.1, -0.05) is 35.9 Å². The second-order valence-electron chi connectivity index (χ2n) is 4.48. The van der Waals surface area contributed by atoms with Crippen molar-refractivity contribution >= 4 is 23.3 Å². The van der Waals surface area contributed by atoms with Gasteiger partial charge in [0.15, 0.2) is 0 Å². The highest BCUT2D eigenvalue weighted by Crippen LogP contribution is 2.34. The van der Waals surface area contributed by atoms with Crippen LogP contribution in [0.3, 0.4) is 0 Å². The average molecular weight is 329 g/mol. The summed E-state index contributed by atoms with van der Waals surface area (Å²) >= 11 is 5.74. The third-order valence-corrected chi connectivity index (χ3v) is 3.10. The molecule has 2 N–H and O–H groups in total. The maximum Gasteiger partial charge on any atom is 0.418 e. The molecule has 3 nitrogen and oxygen atoms in total. The predicted octanol–water partition coefficient (Wildman–Crippen LogP) is 4.68. The molecule has 2 rings (SSSR count). The predicted molar refractivity (Wildman–Crippen MR) is 78.8 cm³/mol. The van der Waals surface area contributed by atoms with Crippen LogP contribution in [0.2, 0.25) is 5.02 Å². The Hall–Kier alpha value is -2.21. The SMILES string of the molecule is O=C(NCc1ccc(Cl)cc1)Nc1ccccc1C(F)(F)F. The molecule has 2 aromatic rings. The topological polar surface area (TPSA) is 41.1 Å². The van der Waals surface area contributed by atoms with Gasteiger partial charge in [-0.2, -0.15) is 13.2 Å². The third kappa shape index (κ3) is 4.39. The lowest BCUT2D eigenvalue weighted by molar-refractivity contribution is -0.136. The number of nitrogens with one attached hydrogen (secondary N) is 2. The molecule has 0 unspecified atom stereocenters. The van der Waals surface area contributed by atoms with Crippen LogP contribution in [0.15, 0.2) is 48.5 Å². The van der Waals surface area contributed by atoms with Crippen molar-refractivity contribution in [3.05, 3.63) is 64.7 Å². The Morgan fingerprint density at radius 3 is 2.32 bits per heavy atom. The fourth-order valence-corrected chi connectivity index (χ4v) is 1.92. The van der Waals surface area contributed by atoms with E-state index >= 15 is 0 Å². The fraction of sp³-hybridized carbons (Fsp3) is 0.133. The molecule has 0 aliphatic heterocycles. The monoisotopic (exact) mass is 328 g/mol. The Kier molecular flexibility index (Phi) is 4.92. The van der Waals surface area contributed by atoms with Gasteiger partial charge in [-0.05, 0) is 29.8 Å². The zero-order valence-electron chi connectivity index (χ0n) is 11.2. The van der Waals surface area contributed by atoms with E-state index in [1.54, 1.807) is 24.3 Å². The summed E-state index contributed by atoms with van der Waals surface area (Å²) in [6.45, 7) is 0.178. The molecule has 0 fully saturated rings. The van der Waals surface area contributed by atoms with Crippen LogP contribution in [0.25, 0.3) is 0 Å². The maximum absolute atomic E-state index is 12.8. The Morgan fingerprint density at radius 1 is 1.05 bits per heavy atom. The van der Waals surface area contributed by atoms with Crippen LogP contribution < -0.4 is 10.6 Å². The molecule has 0 spiro atoms. The van der Waals surface area contributed by atoms with Crippen molar-refractivity contribution in [2.45, 2.75) is 12.7 Å². The van der Waals surface area contributed by atoms with E-state index in [9.17, 15) is 18.0 Å². The minimum Gasteiger partial charge on any atom is -0.334 e. The number of hydrogen-bond donors (Lipinski definition) is 2. The first kappa shape index (κ1) is 16.2. The van der Waals surface area contributed by atoms with E-state index in [2.05, 4.69) is 10.6 Å². The first-order valence-electron chi connectivity index (χ1n) is 6.32. The number of anilines is 1. The maximum atomic E-state index is 12.8.